The number of benzene rings is 1. The molecule has 0 atom stereocenters. The van der Waals surface area contributed by atoms with Gasteiger partial charge in [0.2, 0.25) is 0 Å². The monoisotopic (exact) mass is 299 g/mol. The topological polar surface area (TPSA) is 92.7 Å². The number of methoxy groups -OCH3 is 1. The first-order valence-corrected chi connectivity index (χ1v) is 7.81. The Kier molecular flexibility index (Phi) is 4.01. The third-order valence-corrected chi connectivity index (χ3v) is 5.42. The van der Waals surface area contributed by atoms with Crippen LogP contribution < -0.4 is 5.32 Å². The number of carbonyl (C=O) groups is 1. The summed E-state index contributed by atoms with van der Waals surface area (Å²) in [5.41, 5.74) is -0.607. The van der Waals surface area contributed by atoms with Crippen molar-refractivity contribution < 1.29 is 23.1 Å². The molecule has 0 spiro atoms. The van der Waals surface area contributed by atoms with E-state index in [9.17, 15) is 18.3 Å². The van der Waals surface area contributed by atoms with Gasteiger partial charge in [0.25, 0.3) is 0 Å². The molecule has 1 aliphatic rings. The van der Waals surface area contributed by atoms with Crippen molar-refractivity contribution in [1.82, 2.24) is 5.32 Å². The van der Waals surface area contributed by atoms with E-state index in [4.69, 9.17) is 0 Å². The van der Waals surface area contributed by atoms with E-state index < -0.39 is 21.2 Å². The number of nitrogens with one attached hydrogen (secondary N) is 1. The molecule has 1 heterocycles. The molecule has 2 N–H and O–H groups in total. The number of hydrogen-bond donors (Lipinski definition) is 2. The van der Waals surface area contributed by atoms with Crippen LogP contribution in [0.3, 0.4) is 0 Å². The van der Waals surface area contributed by atoms with Gasteiger partial charge in [-0.1, -0.05) is 0 Å². The van der Waals surface area contributed by atoms with Crippen molar-refractivity contribution in [2.24, 2.45) is 5.41 Å². The van der Waals surface area contributed by atoms with Crippen molar-refractivity contribution >= 4 is 15.8 Å². The molecular weight excluding hydrogens is 282 g/mol. The van der Waals surface area contributed by atoms with Crippen LogP contribution in [-0.4, -0.2) is 45.4 Å². The Morgan fingerprint density at radius 1 is 1.35 bits per heavy atom. The van der Waals surface area contributed by atoms with Gasteiger partial charge in [0.15, 0.2) is 9.84 Å². The predicted octanol–water partition coefficient (Wildman–Crippen LogP) is 0.319. The van der Waals surface area contributed by atoms with Crippen LogP contribution in [0.15, 0.2) is 29.2 Å². The number of aromatic hydroxyl groups is 1. The summed E-state index contributed by atoms with van der Waals surface area (Å²) in [5.74, 6) is -0.515. The second-order valence-electron chi connectivity index (χ2n) is 5.11. The van der Waals surface area contributed by atoms with Crippen LogP contribution in [0.4, 0.5) is 0 Å². The number of phenolic OH excluding ortho intramolecular Hbond substituents is 1. The first kappa shape index (κ1) is 14.8. The zero-order chi connectivity index (χ0) is 14.8. The lowest BCUT2D eigenvalue weighted by Gasteiger charge is -2.41. The van der Waals surface area contributed by atoms with E-state index >= 15 is 0 Å². The number of hydrogen-bond acceptors (Lipinski definition) is 6. The first-order chi connectivity index (χ1) is 9.37. The number of phenols is 1. The maximum atomic E-state index is 12.4. The molecule has 1 aromatic rings. The minimum absolute atomic E-state index is 0.0125. The van der Waals surface area contributed by atoms with Crippen molar-refractivity contribution in [3.05, 3.63) is 24.3 Å². The fourth-order valence-corrected chi connectivity index (χ4v) is 4.10. The highest BCUT2D eigenvalue weighted by molar-refractivity contribution is 7.91. The van der Waals surface area contributed by atoms with Gasteiger partial charge in [-0.05, 0) is 24.3 Å². The Balaban J connectivity index is 2.18. The minimum Gasteiger partial charge on any atom is -0.508 e. The van der Waals surface area contributed by atoms with Crippen LogP contribution in [0.5, 0.6) is 5.75 Å². The molecular formula is C13H17NO5S. The smallest absolute Gasteiger partial charge is 0.306 e. The van der Waals surface area contributed by atoms with Gasteiger partial charge in [-0.3, -0.25) is 4.79 Å². The largest absolute Gasteiger partial charge is 0.508 e. The average Bonchev–Trinajstić information content (AvgIpc) is 2.36. The molecule has 0 aliphatic carbocycles. The molecule has 7 heteroatoms. The predicted molar refractivity (Wildman–Crippen MR) is 72.1 cm³/mol. The van der Waals surface area contributed by atoms with Gasteiger partial charge in [-0.25, -0.2) is 8.42 Å². The van der Waals surface area contributed by atoms with Crippen molar-refractivity contribution in [3.8, 4) is 5.75 Å². The van der Waals surface area contributed by atoms with E-state index in [0.29, 0.717) is 13.1 Å². The number of carbonyl (C=O) groups excluding carboxylic acids is 1. The fourth-order valence-electron chi connectivity index (χ4n) is 2.27. The van der Waals surface area contributed by atoms with Crippen molar-refractivity contribution in [2.75, 3.05) is 26.0 Å². The summed E-state index contributed by atoms with van der Waals surface area (Å²) in [5, 5.41) is 12.2. The van der Waals surface area contributed by atoms with E-state index in [1.54, 1.807) is 0 Å². The molecule has 1 saturated heterocycles. The fraction of sp³-hybridized carbons (Fsp3) is 0.462. The van der Waals surface area contributed by atoms with Gasteiger partial charge in [0, 0.05) is 18.5 Å². The van der Waals surface area contributed by atoms with E-state index in [1.165, 1.54) is 31.4 Å². The van der Waals surface area contributed by atoms with Crippen molar-refractivity contribution in [1.29, 1.82) is 0 Å². The highest BCUT2D eigenvalue weighted by Crippen LogP contribution is 2.32. The summed E-state index contributed by atoms with van der Waals surface area (Å²) in [6.45, 7) is 0.943. The summed E-state index contributed by atoms with van der Waals surface area (Å²) in [7, 11) is -2.22. The van der Waals surface area contributed by atoms with Gasteiger partial charge < -0.3 is 15.2 Å². The zero-order valence-electron chi connectivity index (χ0n) is 11.1. The number of ether oxygens (including phenoxy) is 1. The van der Waals surface area contributed by atoms with Crippen LogP contribution in [-0.2, 0) is 19.4 Å². The molecule has 1 fully saturated rings. The maximum absolute atomic E-state index is 12.4. The summed E-state index contributed by atoms with van der Waals surface area (Å²) in [6, 6.07) is 5.39. The lowest BCUT2D eigenvalue weighted by atomic mass is 9.80. The molecule has 0 aromatic heterocycles. The van der Waals surface area contributed by atoms with E-state index in [1.807, 2.05) is 0 Å². The molecule has 110 valence electrons. The highest BCUT2D eigenvalue weighted by Gasteiger charge is 2.43. The molecule has 1 aromatic carbocycles. The van der Waals surface area contributed by atoms with Crippen LogP contribution in [0.25, 0.3) is 0 Å². The Labute approximate surface area is 117 Å². The number of rotatable bonds is 5. The van der Waals surface area contributed by atoms with Gasteiger partial charge in [-0.15, -0.1) is 0 Å². The Morgan fingerprint density at radius 2 is 1.95 bits per heavy atom. The van der Waals surface area contributed by atoms with E-state index in [-0.39, 0.29) is 22.8 Å². The quantitative estimate of drug-likeness (QED) is 0.761. The first-order valence-electron chi connectivity index (χ1n) is 6.16. The minimum atomic E-state index is -3.51. The molecule has 1 aliphatic heterocycles. The lowest BCUT2D eigenvalue weighted by Crippen LogP contribution is -2.57. The molecule has 0 saturated carbocycles. The standard InChI is InChI=1S/C13H17NO5S/c1-19-12(16)6-13(7-14-8-13)9-20(17,18)11-4-2-10(15)3-5-11/h2-5,14-15H,6-9H2,1H3. The van der Waals surface area contributed by atoms with Gasteiger partial charge in [-0.2, -0.15) is 0 Å². The second-order valence-corrected chi connectivity index (χ2v) is 7.10. The zero-order valence-corrected chi connectivity index (χ0v) is 11.9. The molecule has 6 nitrogen and oxygen atoms in total. The lowest BCUT2D eigenvalue weighted by molar-refractivity contribution is -0.143. The van der Waals surface area contributed by atoms with Gasteiger partial charge >= 0.3 is 5.97 Å². The number of esters is 1. The normalized spacial score (nSPS) is 17.2. The van der Waals surface area contributed by atoms with Crippen LogP contribution in [0.1, 0.15) is 6.42 Å². The summed E-state index contributed by atoms with van der Waals surface area (Å²) < 4.78 is 29.3. The molecule has 0 radical (unpaired) electrons. The Morgan fingerprint density at radius 3 is 2.40 bits per heavy atom. The second kappa shape index (κ2) is 5.41. The van der Waals surface area contributed by atoms with Crippen LogP contribution >= 0.6 is 0 Å². The van der Waals surface area contributed by atoms with E-state index in [0.717, 1.165) is 0 Å². The maximum Gasteiger partial charge on any atom is 0.306 e. The van der Waals surface area contributed by atoms with Gasteiger partial charge in [0.1, 0.15) is 5.75 Å². The summed E-state index contributed by atoms with van der Waals surface area (Å²) in [4.78, 5) is 11.6. The molecule has 0 amide bonds. The summed E-state index contributed by atoms with van der Waals surface area (Å²) >= 11 is 0. The van der Waals surface area contributed by atoms with Crippen molar-refractivity contribution in [2.45, 2.75) is 11.3 Å². The molecule has 2 rings (SSSR count). The molecule has 0 unspecified atom stereocenters. The Bertz CT molecular complexity index is 590. The SMILES string of the molecule is COC(=O)CC1(CS(=O)(=O)c2ccc(O)cc2)CNC1. The highest BCUT2D eigenvalue weighted by atomic mass is 32.2. The molecule has 0 bridgehead atoms. The average molecular weight is 299 g/mol. The van der Waals surface area contributed by atoms with Crippen LogP contribution in [0, 0.1) is 5.41 Å². The van der Waals surface area contributed by atoms with E-state index in [2.05, 4.69) is 10.1 Å². The summed E-state index contributed by atoms with van der Waals surface area (Å²) in [6.07, 6.45) is 0.0772. The van der Waals surface area contributed by atoms with Crippen molar-refractivity contribution in [3.63, 3.8) is 0 Å². The van der Waals surface area contributed by atoms with Gasteiger partial charge in [0.05, 0.1) is 24.2 Å². The third-order valence-electron chi connectivity index (χ3n) is 3.44. The third kappa shape index (κ3) is 3.10. The Hall–Kier alpha value is -1.60. The van der Waals surface area contributed by atoms with Crippen LogP contribution in [0.2, 0.25) is 0 Å². The number of sulfone groups is 1. The molecule has 20 heavy (non-hydrogen) atoms.